The molecule has 1 amide bonds. The van der Waals surface area contributed by atoms with Crippen LogP contribution in [-0.2, 0) is 25.5 Å². The summed E-state index contributed by atoms with van der Waals surface area (Å²) in [6, 6.07) is 0. The minimum absolute atomic E-state index is 0.285. The summed E-state index contributed by atoms with van der Waals surface area (Å²) in [5, 5.41) is 7.21. The zero-order valence-corrected chi connectivity index (χ0v) is 23.2. The van der Waals surface area contributed by atoms with Gasteiger partial charge in [0, 0.05) is 17.8 Å². The van der Waals surface area contributed by atoms with Gasteiger partial charge in [0.15, 0.2) is 11.5 Å². The van der Waals surface area contributed by atoms with Crippen LogP contribution in [0.4, 0.5) is 5.69 Å². The average molecular weight is 537 g/mol. The van der Waals surface area contributed by atoms with Crippen LogP contribution in [0.1, 0.15) is 54.9 Å². The Morgan fingerprint density at radius 2 is 1.85 bits per heavy atom. The first-order valence-electron chi connectivity index (χ1n) is 11.5. The van der Waals surface area contributed by atoms with Crippen LogP contribution in [0.15, 0.2) is 69.1 Å². The molecule has 0 radical (unpaired) electrons. The zero-order valence-electron chi connectivity index (χ0n) is 21.6. The van der Waals surface area contributed by atoms with E-state index in [2.05, 4.69) is 47.1 Å². The number of methoxy groups -OCH3 is 1. The molecule has 1 aromatic rings. The van der Waals surface area contributed by atoms with Crippen LogP contribution < -0.4 is 5.32 Å². The van der Waals surface area contributed by atoms with Crippen LogP contribution in [0.25, 0.3) is 0 Å². The molecule has 0 spiro atoms. The Morgan fingerprint density at radius 3 is 2.44 bits per heavy atom. The van der Waals surface area contributed by atoms with Crippen molar-refractivity contribution in [2.75, 3.05) is 25.6 Å². The van der Waals surface area contributed by atoms with Crippen LogP contribution in [0.5, 0.6) is 0 Å². The molecule has 0 fully saturated rings. The van der Waals surface area contributed by atoms with Crippen molar-refractivity contribution in [3.63, 3.8) is 0 Å². The predicted molar refractivity (Wildman–Crippen MR) is 141 cm³/mol. The fourth-order valence-electron chi connectivity index (χ4n) is 3.02. The van der Waals surface area contributed by atoms with E-state index in [9.17, 15) is 4.79 Å². The number of hydrogen-bond acceptors (Lipinski definition) is 5. The lowest BCUT2D eigenvalue weighted by molar-refractivity contribution is -0.111. The standard InChI is InChI=1S/C24H32BrN3O4.C2H6/c1-7-16(2)18(4)21(19(5)30-6)15-28-14-20(13-26-28)27-24(29)9-8-22-23(12-17(3)25)32-11-10-31-22;1-2/h8-9,12-14H,7,10-11,15H2,1-6H3,(H,27,29);1-2H3/b9-8+,17-12+,18-16+,21-19-;. The number of nitrogens with zero attached hydrogens (tertiary/aromatic N) is 2. The van der Waals surface area contributed by atoms with E-state index in [-0.39, 0.29) is 5.91 Å². The van der Waals surface area contributed by atoms with Crippen molar-refractivity contribution in [1.82, 2.24) is 9.78 Å². The van der Waals surface area contributed by atoms with Gasteiger partial charge in [-0.3, -0.25) is 9.48 Å². The maximum absolute atomic E-state index is 12.4. The Labute approximate surface area is 212 Å². The molecule has 0 atom stereocenters. The Balaban J connectivity index is 0.00000281. The number of ether oxygens (including phenoxy) is 3. The Hall–Kier alpha value is -2.74. The fourth-order valence-corrected chi connectivity index (χ4v) is 3.23. The van der Waals surface area contributed by atoms with Crippen molar-refractivity contribution in [3.05, 3.63) is 69.1 Å². The molecule has 0 saturated heterocycles. The molecule has 0 aromatic carbocycles. The molecule has 34 heavy (non-hydrogen) atoms. The van der Waals surface area contributed by atoms with Gasteiger partial charge in [-0.2, -0.15) is 5.10 Å². The van der Waals surface area contributed by atoms with Crippen molar-refractivity contribution in [3.8, 4) is 0 Å². The van der Waals surface area contributed by atoms with E-state index in [1.54, 1.807) is 30.3 Å². The third-order valence-electron chi connectivity index (χ3n) is 5.13. The third kappa shape index (κ3) is 9.25. The number of anilines is 1. The molecular formula is C26H38BrN3O4. The van der Waals surface area contributed by atoms with E-state index < -0.39 is 0 Å². The molecule has 7 nitrogen and oxygen atoms in total. The predicted octanol–water partition coefficient (Wildman–Crippen LogP) is 6.63. The van der Waals surface area contributed by atoms with Gasteiger partial charge in [-0.15, -0.1) is 0 Å². The van der Waals surface area contributed by atoms with Crippen LogP contribution in [0.3, 0.4) is 0 Å². The van der Waals surface area contributed by atoms with Gasteiger partial charge in [-0.25, -0.2) is 0 Å². The van der Waals surface area contributed by atoms with E-state index in [4.69, 9.17) is 14.2 Å². The van der Waals surface area contributed by atoms with Crippen LogP contribution in [0.2, 0.25) is 0 Å². The van der Waals surface area contributed by atoms with E-state index in [1.165, 1.54) is 17.2 Å². The summed E-state index contributed by atoms with van der Waals surface area (Å²) in [5.74, 6) is 1.66. The zero-order chi connectivity index (χ0) is 25.7. The lowest BCUT2D eigenvalue weighted by atomic mass is 10.00. The molecule has 2 rings (SSSR count). The molecular weight excluding hydrogens is 498 g/mol. The van der Waals surface area contributed by atoms with Gasteiger partial charge in [0.1, 0.15) is 13.2 Å². The second kappa shape index (κ2) is 15.2. The number of nitrogens with one attached hydrogen (secondary N) is 1. The molecule has 0 bridgehead atoms. The molecule has 8 heteroatoms. The number of amides is 1. The summed E-state index contributed by atoms with van der Waals surface area (Å²) in [7, 11) is 1.67. The van der Waals surface area contributed by atoms with E-state index in [1.807, 2.05) is 33.8 Å². The Morgan fingerprint density at radius 1 is 1.21 bits per heavy atom. The van der Waals surface area contributed by atoms with Crippen LogP contribution >= 0.6 is 15.9 Å². The third-order valence-corrected chi connectivity index (χ3v) is 5.36. The largest absolute Gasteiger partial charge is 0.501 e. The van der Waals surface area contributed by atoms with E-state index in [0.29, 0.717) is 37.0 Å². The maximum atomic E-state index is 12.4. The molecule has 1 aliphatic rings. The highest BCUT2D eigenvalue weighted by Crippen LogP contribution is 2.23. The van der Waals surface area contributed by atoms with E-state index in [0.717, 1.165) is 22.2 Å². The van der Waals surface area contributed by atoms with Gasteiger partial charge in [0.2, 0.25) is 5.91 Å². The van der Waals surface area contributed by atoms with Crippen molar-refractivity contribution in [2.24, 2.45) is 0 Å². The molecule has 2 heterocycles. The van der Waals surface area contributed by atoms with E-state index >= 15 is 0 Å². The highest BCUT2D eigenvalue weighted by Gasteiger charge is 2.13. The lowest BCUT2D eigenvalue weighted by Gasteiger charge is -2.18. The summed E-state index contributed by atoms with van der Waals surface area (Å²) < 4.78 is 19.4. The van der Waals surface area contributed by atoms with Crippen molar-refractivity contribution < 1.29 is 19.0 Å². The van der Waals surface area contributed by atoms with Gasteiger partial charge in [0.25, 0.3) is 0 Å². The first kappa shape index (κ1) is 29.3. The molecule has 0 saturated carbocycles. The quantitative estimate of drug-likeness (QED) is 0.218. The van der Waals surface area contributed by atoms with Gasteiger partial charge < -0.3 is 19.5 Å². The number of halogens is 1. The van der Waals surface area contributed by atoms with Crippen LogP contribution in [-0.4, -0.2) is 36.0 Å². The number of carbonyl (C=O) groups excluding carboxylic acids is 1. The molecule has 0 aliphatic carbocycles. The second-order valence-electron chi connectivity index (χ2n) is 7.40. The van der Waals surface area contributed by atoms with Crippen molar-refractivity contribution in [2.45, 2.75) is 61.4 Å². The van der Waals surface area contributed by atoms with Gasteiger partial charge in [0.05, 0.1) is 31.3 Å². The normalized spacial score (nSPS) is 15.5. The average Bonchev–Trinajstić information content (AvgIpc) is 3.28. The van der Waals surface area contributed by atoms with Gasteiger partial charge in [-0.05, 0) is 56.3 Å². The van der Waals surface area contributed by atoms with Gasteiger partial charge in [-0.1, -0.05) is 42.3 Å². The topological polar surface area (TPSA) is 74.6 Å². The smallest absolute Gasteiger partial charge is 0.248 e. The highest BCUT2D eigenvalue weighted by molar-refractivity contribution is 9.11. The van der Waals surface area contributed by atoms with Crippen molar-refractivity contribution >= 4 is 27.5 Å². The fraction of sp³-hybridized carbons (Fsp3) is 0.462. The molecule has 1 aromatic heterocycles. The number of hydrogen-bond donors (Lipinski definition) is 1. The summed E-state index contributed by atoms with van der Waals surface area (Å²) in [6.07, 6.45) is 9.22. The minimum atomic E-state index is -0.285. The molecule has 1 aliphatic heterocycles. The highest BCUT2D eigenvalue weighted by atomic mass is 79.9. The Bertz CT molecular complexity index is 980. The number of carbonyl (C=O) groups is 1. The molecule has 0 unspecified atom stereocenters. The van der Waals surface area contributed by atoms with Crippen LogP contribution in [0, 0.1) is 0 Å². The first-order valence-corrected chi connectivity index (χ1v) is 12.3. The summed E-state index contributed by atoms with van der Waals surface area (Å²) in [4.78, 5) is 12.4. The maximum Gasteiger partial charge on any atom is 0.248 e. The lowest BCUT2D eigenvalue weighted by Crippen LogP contribution is -2.13. The minimum Gasteiger partial charge on any atom is -0.501 e. The number of rotatable bonds is 9. The van der Waals surface area contributed by atoms with Gasteiger partial charge >= 0.3 is 0 Å². The summed E-state index contributed by atoms with van der Waals surface area (Å²) >= 11 is 3.38. The second-order valence-corrected chi connectivity index (χ2v) is 8.65. The monoisotopic (exact) mass is 535 g/mol. The summed E-state index contributed by atoms with van der Waals surface area (Å²) in [6.45, 7) is 15.7. The SMILES string of the molecule is CC.CC/C(C)=C(C)/C(Cn1cc(NC(=O)/C=C/C2=C(/C=C(\C)Br)OCCO2)cn1)=C(/C)OC. The number of allylic oxidation sites excluding steroid dienone is 7. The summed E-state index contributed by atoms with van der Waals surface area (Å²) in [5.41, 5.74) is 4.18. The Kier molecular flexibility index (Phi) is 13.1. The molecule has 188 valence electrons. The number of aromatic nitrogens is 2. The first-order chi connectivity index (χ1) is 16.2. The molecule has 1 N–H and O–H groups in total. The van der Waals surface area contributed by atoms with Crippen molar-refractivity contribution in [1.29, 1.82) is 0 Å².